The predicted octanol–water partition coefficient (Wildman–Crippen LogP) is 0.693. The third-order valence-corrected chi connectivity index (χ3v) is 6.13. The molecule has 0 radical (unpaired) electrons. The van der Waals surface area contributed by atoms with E-state index in [1.165, 1.54) is 12.0 Å². The van der Waals surface area contributed by atoms with Gasteiger partial charge in [0.05, 0.1) is 25.2 Å². The number of esters is 1. The lowest BCUT2D eigenvalue weighted by atomic mass is 9.80. The summed E-state index contributed by atoms with van der Waals surface area (Å²) in [5.41, 5.74) is 4.18. The number of hydroxylamine groups is 2. The second-order valence-corrected chi connectivity index (χ2v) is 8.63. The van der Waals surface area contributed by atoms with Crippen molar-refractivity contribution in [2.24, 2.45) is 11.1 Å². The van der Waals surface area contributed by atoms with Gasteiger partial charge in [0.15, 0.2) is 0 Å². The molecule has 166 valence electrons. The molecule has 0 aromatic rings. The summed E-state index contributed by atoms with van der Waals surface area (Å²) in [6.07, 6.45) is 2.68. The van der Waals surface area contributed by atoms with Crippen LogP contribution in [0.5, 0.6) is 0 Å². The van der Waals surface area contributed by atoms with E-state index in [1.807, 2.05) is 13.8 Å². The summed E-state index contributed by atoms with van der Waals surface area (Å²) in [5, 5.41) is 0.706. The standard InChI is InChI=1S/C17H29N3O8S/c1-4-8-17(9-5-2,15(22)26-3)11-27-29(24,25)28-20-12-6-7-13(14(18)21)19(10-12)16(20)23/h12-13H,4-11H2,1-3H3,(H2,18,21). The molecular weight excluding hydrogens is 406 g/mol. The molecule has 2 atom stereocenters. The van der Waals surface area contributed by atoms with Crippen molar-refractivity contribution in [3.63, 3.8) is 0 Å². The SMILES string of the molecule is CCCC(CCC)(COS(=O)(=O)ON1C(=O)N2CC1CCC2C(N)=O)C(=O)OC. The van der Waals surface area contributed by atoms with Gasteiger partial charge >= 0.3 is 22.4 Å². The van der Waals surface area contributed by atoms with Crippen molar-refractivity contribution in [3.05, 3.63) is 0 Å². The molecule has 0 spiro atoms. The van der Waals surface area contributed by atoms with Crippen LogP contribution in [0.4, 0.5) is 4.79 Å². The van der Waals surface area contributed by atoms with E-state index in [0.29, 0.717) is 43.6 Å². The van der Waals surface area contributed by atoms with Crippen LogP contribution in [-0.2, 0) is 33.2 Å². The van der Waals surface area contributed by atoms with E-state index in [1.54, 1.807) is 0 Å². The number of fused-ring (bicyclic) bond motifs is 2. The second-order valence-electron chi connectivity index (χ2n) is 7.43. The molecule has 2 heterocycles. The first kappa shape index (κ1) is 23.4. The minimum Gasteiger partial charge on any atom is -0.469 e. The van der Waals surface area contributed by atoms with Crippen molar-refractivity contribution in [2.75, 3.05) is 20.3 Å². The van der Waals surface area contributed by atoms with Crippen LogP contribution >= 0.6 is 0 Å². The number of hydrogen-bond acceptors (Lipinski definition) is 8. The fraction of sp³-hybridized carbons (Fsp3) is 0.824. The minimum atomic E-state index is -4.63. The first-order valence-corrected chi connectivity index (χ1v) is 11.0. The van der Waals surface area contributed by atoms with E-state index in [0.717, 1.165) is 0 Å². The van der Waals surface area contributed by atoms with Crippen molar-refractivity contribution in [1.29, 1.82) is 0 Å². The maximum atomic E-state index is 12.5. The van der Waals surface area contributed by atoms with Gasteiger partial charge in [-0.3, -0.25) is 9.59 Å². The van der Waals surface area contributed by atoms with Gasteiger partial charge in [-0.2, -0.15) is 13.5 Å². The summed E-state index contributed by atoms with van der Waals surface area (Å²) in [4.78, 5) is 37.5. The number of primary amides is 1. The van der Waals surface area contributed by atoms with Crippen LogP contribution in [0.15, 0.2) is 0 Å². The smallest absolute Gasteiger partial charge is 0.421 e. The number of amides is 3. The monoisotopic (exact) mass is 435 g/mol. The van der Waals surface area contributed by atoms with Gasteiger partial charge in [-0.1, -0.05) is 26.7 Å². The zero-order valence-electron chi connectivity index (χ0n) is 17.0. The largest absolute Gasteiger partial charge is 0.469 e. The van der Waals surface area contributed by atoms with E-state index in [2.05, 4.69) is 0 Å². The number of hydrogen-bond donors (Lipinski definition) is 1. The lowest BCUT2D eigenvalue weighted by molar-refractivity contribution is -0.156. The van der Waals surface area contributed by atoms with Crippen molar-refractivity contribution in [2.45, 2.75) is 64.5 Å². The molecule has 2 saturated heterocycles. The van der Waals surface area contributed by atoms with Crippen LogP contribution < -0.4 is 5.73 Å². The third kappa shape index (κ3) is 4.98. The lowest BCUT2D eigenvalue weighted by Gasteiger charge is -2.30. The van der Waals surface area contributed by atoms with Gasteiger partial charge in [-0.05, 0) is 25.7 Å². The summed E-state index contributed by atoms with van der Waals surface area (Å²) < 4.78 is 39.6. The van der Waals surface area contributed by atoms with E-state index in [4.69, 9.17) is 18.9 Å². The number of nitrogens with two attached hydrogens (primary N) is 1. The third-order valence-electron chi connectivity index (χ3n) is 5.38. The van der Waals surface area contributed by atoms with Crippen LogP contribution in [0.1, 0.15) is 52.4 Å². The highest BCUT2D eigenvalue weighted by Crippen LogP contribution is 2.34. The molecule has 2 rings (SSSR count). The number of carbonyl (C=O) groups excluding carboxylic acids is 3. The molecule has 2 bridgehead atoms. The van der Waals surface area contributed by atoms with Crippen LogP contribution in [0.3, 0.4) is 0 Å². The van der Waals surface area contributed by atoms with Gasteiger partial charge in [0.1, 0.15) is 6.04 Å². The average Bonchev–Trinajstić information content (AvgIpc) is 2.90. The van der Waals surface area contributed by atoms with E-state index < -0.39 is 52.4 Å². The van der Waals surface area contributed by atoms with Crippen molar-refractivity contribution < 1.29 is 36.0 Å². The van der Waals surface area contributed by atoms with Gasteiger partial charge in [0.25, 0.3) is 0 Å². The molecule has 2 aliphatic rings. The van der Waals surface area contributed by atoms with Gasteiger partial charge in [0, 0.05) is 6.54 Å². The maximum Gasteiger partial charge on any atom is 0.421 e. The van der Waals surface area contributed by atoms with Gasteiger partial charge in [-0.25, -0.2) is 8.98 Å². The molecule has 0 saturated carbocycles. The molecule has 2 fully saturated rings. The summed E-state index contributed by atoms with van der Waals surface area (Å²) in [6.45, 7) is 3.42. The molecule has 0 aromatic heterocycles. The number of piperidine rings is 1. The van der Waals surface area contributed by atoms with Crippen molar-refractivity contribution in [3.8, 4) is 0 Å². The minimum absolute atomic E-state index is 0.139. The topological polar surface area (TPSA) is 146 Å². The normalized spacial score (nSPS) is 22.1. The first-order valence-electron chi connectivity index (χ1n) is 9.67. The molecule has 3 amide bonds. The Morgan fingerprint density at radius 1 is 1.21 bits per heavy atom. The first-order chi connectivity index (χ1) is 13.6. The highest BCUT2D eigenvalue weighted by Gasteiger charge is 2.49. The van der Waals surface area contributed by atoms with Gasteiger partial charge < -0.3 is 15.4 Å². The summed E-state index contributed by atoms with van der Waals surface area (Å²) >= 11 is 0. The highest BCUT2D eigenvalue weighted by atomic mass is 32.3. The average molecular weight is 435 g/mol. The molecule has 2 aliphatic heterocycles. The molecular formula is C17H29N3O8S. The molecule has 0 aliphatic carbocycles. The molecule has 2 N–H and O–H groups in total. The number of nitrogens with zero attached hydrogens (tertiary/aromatic N) is 2. The van der Waals surface area contributed by atoms with Gasteiger partial charge in [0.2, 0.25) is 5.91 Å². The molecule has 29 heavy (non-hydrogen) atoms. The molecule has 11 nitrogen and oxygen atoms in total. The number of ether oxygens (including phenoxy) is 1. The Labute approximate surface area is 170 Å². The summed E-state index contributed by atoms with van der Waals surface area (Å²) in [6, 6.07) is -2.09. The number of rotatable bonds is 11. The van der Waals surface area contributed by atoms with Crippen molar-refractivity contribution >= 4 is 28.3 Å². The number of carbonyl (C=O) groups is 3. The Kier molecular flexibility index (Phi) is 7.46. The fourth-order valence-corrected chi connectivity index (χ4v) is 4.83. The fourth-order valence-electron chi connectivity index (χ4n) is 4.04. The Balaban J connectivity index is 2.10. The molecule has 2 unspecified atom stereocenters. The second kappa shape index (κ2) is 9.26. The number of urea groups is 1. The van der Waals surface area contributed by atoms with Crippen LogP contribution in [0.25, 0.3) is 0 Å². The Morgan fingerprint density at radius 2 is 1.83 bits per heavy atom. The Morgan fingerprint density at radius 3 is 2.34 bits per heavy atom. The molecule has 12 heteroatoms. The summed E-state index contributed by atoms with van der Waals surface area (Å²) in [7, 11) is -3.40. The molecule has 0 aromatic carbocycles. The summed E-state index contributed by atoms with van der Waals surface area (Å²) in [5.74, 6) is -1.21. The zero-order valence-corrected chi connectivity index (χ0v) is 17.8. The highest BCUT2D eigenvalue weighted by molar-refractivity contribution is 7.81. The van der Waals surface area contributed by atoms with Crippen LogP contribution in [-0.4, -0.2) is 68.6 Å². The van der Waals surface area contributed by atoms with E-state index in [9.17, 15) is 22.8 Å². The van der Waals surface area contributed by atoms with E-state index in [-0.39, 0.29) is 6.54 Å². The zero-order chi connectivity index (χ0) is 21.8. The maximum absolute atomic E-state index is 12.5. The lowest BCUT2D eigenvalue weighted by Crippen LogP contribution is -2.47. The van der Waals surface area contributed by atoms with Crippen LogP contribution in [0.2, 0.25) is 0 Å². The Bertz CT molecular complexity index is 735. The Hall–Kier alpha value is -1.92. The quantitative estimate of drug-likeness (QED) is 0.467. The van der Waals surface area contributed by atoms with Crippen LogP contribution in [0, 0.1) is 5.41 Å². The van der Waals surface area contributed by atoms with Gasteiger partial charge in [-0.15, -0.1) is 4.28 Å². The predicted molar refractivity (Wildman–Crippen MR) is 100 cm³/mol. The van der Waals surface area contributed by atoms with Crippen molar-refractivity contribution in [1.82, 2.24) is 9.96 Å². The number of methoxy groups -OCH3 is 1. The van der Waals surface area contributed by atoms with E-state index >= 15 is 0 Å².